The summed E-state index contributed by atoms with van der Waals surface area (Å²) in [5.74, 6) is 2.46. The molecule has 0 saturated carbocycles. The summed E-state index contributed by atoms with van der Waals surface area (Å²) in [5.41, 5.74) is 1.11. The summed E-state index contributed by atoms with van der Waals surface area (Å²) in [6.07, 6.45) is 6.83. The van der Waals surface area contributed by atoms with E-state index in [0.717, 1.165) is 36.2 Å². The minimum atomic E-state index is 0.753. The fourth-order valence-electron chi connectivity index (χ4n) is 3.00. The molecule has 0 N–H and O–H groups in total. The van der Waals surface area contributed by atoms with Gasteiger partial charge in [-0.05, 0) is 48.9 Å². The molecule has 0 aliphatic heterocycles. The minimum absolute atomic E-state index is 0.753. The van der Waals surface area contributed by atoms with Gasteiger partial charge in [-0.3, -0.25) is 0 Å². The fourth-order valence-corrected chi connectivity index (χ4v) is 3.00. The highest BCUT2D eigenvalue weighted by Gasteiger charge is 2.08. The van der Waals surface area contributed by atoms with Crippen molar-refractivity contribution in [2.75, 3.05) is 26.2 Å². The Balaban J connectivity index is 2.12. The van der Waals surface area contributed by atoms with Crippen molar-refractivity contribution in [3.05, 3.63) is 36.4 Å². The lowest BCUT2D eigenvalue weighted by atomic mass is 10.1. The quantitative estimate of drug-likeness (QED) is 0.418. The number of hydrogen-bond acceptors (Lipinski definition) is 2. The highest BCUT2D eigenvalue weighted by atomic mass is 16.5. The third kappa shape index (κ3) is 9.77. The van der Waals surface area contributed by atoms with E-state index in [1.807, 2.05) is 30.3 Å². The van der Waals surface area contributed by atoms with Crippen molar-refractivity contribution in [3.8, 4) is 5.75 Å². The van der Waals surface area contributed by atoms with E-state index in [0.29, 0.717) is 0 Å². The monoisotopic (exact) mass is 331 g/mol. The Hall–Kier alpha value is -1.28. The molecule has 2 nitrogen and oxygen atoms in total. The van der Waals surface area contributed by atoms with Gasteiger partial charge in [-0.25, -0.2) is 0 Å². The predicted octanol–water partition coefficient (Wildman–Crippen LogP) is 5.88. The molecule has 0 radical (unpaired) electrons. The Labute approximate surface area is 149 Å². The van der Waals surface area contributed by atoms with Crippen molar-refractivity contribution in [2.45, 2.75) is 53.4 Å². The lowest BCUT2D eigenvalue weighted by Crippen LogP contribution is -2.32. The van der Waals surface area contributed by atoms with Gasteiger partial charge in [-0.2, -0.15) is 0 Å². The number of rotatable bonds is 13. The maximum atomic E-state index is 5.82. The normalized spacial score (nSPS) is 11.5. The highest BCUT2D eigenvalue weighted by Crippen LogP contribution is 2.15. The van der Waals surface area contributed by atoms with E-state index in [9.17, 15) is 0 Å². The fraction of sp³-hybridized carbons (Fsp3) is 0.636. The van der Waals surface area contributed by atoms with Crippen molar-refractivity contribution >= 4 is 6.08 Å². The van der Waals surface area contributed by atoms with E-state index in [1.54, 1.807) is 0 Å². The molecule has 0 fully saturated rings. The number of benzene rings is 1. The zero-order valence-electron chi connectivity index (χ0n) is 16.3. The second-order valence-electron chi connectivity index (χ2n) is 7.59. The molecule has 0 aromatic heterocycles. The molecule has 0 bridgehead atoms. The molecule has 1 rings (SSSR count). The summed E-state index contributed by atoms with van der Waals surface area (Å²) in [6.45, 7) is 17.5. The minimum Gasteiger partial charge on any atom is -0.494 e. The van der Waals surface area contributed by atoms with Crippen LogP contribution in [0.5, 0.6) is 5.75 Å². The maximum absolute atomic E-state index is 5.82. The number of unbranched alkanes of at least 4 members (excludes halogenated alkanes) is 3. The Kier molecular flexibility index (Phi) is 10.5. The summed E-state index contributed by atoms with van der Waals surface area (Å²) >= 11 is 0. The van der Waals surface area contributed by atoms with Gasteiger partial charge in [0.05, 0.1) is 6.61 Å². The topological polar surface area (TPSA) is 12.5 Å². The highest BCUT2D eigenvalue weighted by molar-refractivity contribution is 5.49. The molecule has 0 amide bonds. The molecule has 24 heavy (non-hydrogen) atoms. The van der Waals surface area contributed by atoms with Crippen LogP contribution in [0.3, 0.4) is 0 Å². The van der Waals surface area contributed by atoms with Crippen molar-refractivity contribution in [1.29, 1.82) is 0 Å². The van der Waals surface area contributed by atoms with E-state index in [-0.39, 0.29) is 0 Å². The van der Waals surface area contributed by atoms with Gasteiger partial charge < -0.3 is 9.64 Å². The average Bonchev–Trinajstić information content (AvgIpc) is 2.53. The second kappa shape index (κ2) is 12.1. The van der Waals surface area contributed by atoms with E-state index >= 15 is 0 Å². The number of nitrogens with zero attached hydrogens (tertiary/aromatic N) is 1. The van der Waals surface area contributed by atoms with Crippen LogP contribution in [0, 0.1) is 11.8 Å². The van der Waals surface area contributed by atoms with Gasteiger partial charge in [-0.15, -0.1) is 0 Å². The van der Waals surface area contributed by atoms with Crippen LogP contribution in [0.4, 0.5) is 0 Å². The van der Waals surface area contributed by atoms with E-state index in [1.165, 1.54) is 38.9 Å². The first kappa shape index (κ1) is 20.8. The van der Waals surface area contributed by atoms with Gasteiger partial charge in [0.25, 0.3) is 0 Å². The van der Waals surface area contributed by atoms with Crippen LogP contribution in [0.2, 0.25) is 0 Å². The predicted molar refractivity (Wildman–Crippen MR) is 107 cm³/mol. The van der Waals surface area contributed by atoms with E-state index in [4.69, 9.17) is 4.74 Å². The van der Waals surface area contributed by atoms with Crippen molar-refractivity contribution in [3.63, 3.8) is 0 Å². The van der Waals surface area contributed by atoms with Crippen molar-refractivity contribution in [2.24, 2.45) is 11.8 Å². The summed E-state index contributed by atoms with van der Waals surface area (Å²) in [4.78, 5) is 2.63. The molecular weight excluding hydrogens is 294 g/mol. The van der Waals surface area contributed by atoms with E-state index < -0.39 is 0 Å². The molecule has 1 aromatic carbocycles. The van der Waals surface area contributed by atoms with Gasteiger partial charge in [0.2, 0.25) is 0 Å². The smallest absolute Gasteiger partial charge is 0.119 e. The van der Waals surface area contributed by atoms with Crippen LogP contribution in [0.25, 0.3) is 6.08 Å². The van der Waals surface area contributed by atoms with Crippen LogP contribution >= 0.6 is 0 Å². The largest absolute Gasteiger partial charge is 0.494 e. The first-order valence-electron chi connectivity index (χ1n) is 9.59. The third-order valence-electron chi connectivity index (χ3n) is 3.98. The molecule has 136 valence electrons. The van der Waals surface area contributed by atoms with Gasteiger partial charge in [-0.1, -0.05) is 65.3 Å². The zero-order chi connectivity index (χ0) is 17.8. The molecule has 0 heterocycles. The molecule has 0 aliphatic carbocycles. The van der Waals surface area contributed by atoms with E-state index in [2.05, 4.69) is 39.2 Å². The Morgan fingerprint density at radius 1 is 1.00 bits per heavy atom. The molecule has 0 unspecified atom stereocenters. The maximum Gasteiger partial charge on any atom is 0.119 e. The van der Waals surface area contributed by atoms with Crippen molar-refractivity contribution in [1.82, 2.24) is 4.90 Å². The SMILES string of the molecule is C=Cc1cccc(OCCCCCCN(CC(C)C)CC(C)C)c1. The lowest BCUT2D eigenvalue weighted by Gasteiger charge is -2.26. The van der Waals surface area contributed by atoms with Gasteiger partial charge >= 0.3 is 0 Å². The van der Waals surface area contributed by atoms with Crippen molar-refractivity contribution < 1.29 is 4.74 Å². The molecule has 0 spiro atoms. The molecule has 0 aliphatic rings. The molecule has 2 heteroatoms. The van der Waals surface area contributed by atoms with Crippen LogP contribution in [0.15, 0.2) is 30.8 Å². The molecule has 0 saturated heterocycles. The summed E-state index contributed by atoms with van der Waals surface area (Å²) < 4.78 is 5.82. The standard InChI is InChI=1S/C22H37NO/c1-6-21-12-11-13-22(16-21)24-15-10-8-7-9-14-23(17-19(2)3)18-20(4)5/h6,11-13,16,19-20H,1,7-10,14-15,17-18H2,2-5H3. The zero-order valence-corrected chi connectivity index (χ0v) is 16.3. The summed E-state index contributed by atoms with van der Waals surface area (Å²) in [6, 6.07) is 8.12. The van der Waals surface area contributed by atoms with Crippen LogP contribution in [-0.2, 0) is 0 Å². The first-order valence-corrected chi connectivity index (χ1v) is 9.59. The Morgan fingerprint density at radius 3 is 2.29 bits per heavy atom. The Bertz CT molecular complexity index is 443. The van der Waals surface area contributed by atoms with Gasteiger partial charge in [0.15, 0.2) is 0 Å². The number of ether oxygens (including phenoxy) is 1. The average molecular weight is 332 g/mol. The van der Waals surface area contributed by atoms with Crippen LogP contribution < -0.4 is 4.74 Å². The summed E-state index contributed by atoms with van der Waals surface area (Å²) in [5, 5.41) is 0. The second-order valence-corrected chi connectivity index (χ2v) is 7.59. The Morgan fingerprint density at radius 2 is 1.67 bits per heavy atom. The third-order valence-corrected chi connectivity index (χ3v) is 3.98. The summed E-state index contributed by atoms with van der Waals surface area (Å²) in [7, 11) is 0. The molecule has 1 aromatic rings. The van der Waals surface area contributed by atoms with Gasteiger partial charge in [0.1, 0.15) is 5.75 Å². The molecule has 0 atom stereocenters. The van der Waals surface area contributed by atoms with Crippen LogP contribution in [0.1, 0.15) is 58.9 Å². The molecular formula is C22H37NO. The van der Waals surface area contributed by atoms with Crippen LogP contribution in [-0.4, -0.2) is 31.1 Å². The lowest BCUT2D eigenvalue weighted by molar-refractivity contribution is 0.214. The first-order chi connectivity index (χ1) is 11.5. The van der Waals surface area contributed by atoms with Gasteiger partial charge in [0, 0.05) is 13.1 Å². The number of hydrogen-bond donors (Lipinski definition) is 0.